The minimum absolute atomic E-state index is 0.545. The number of rotatable bonds is 4. The van der Waals surface area contributed by atoms with E-state index in [4.69, 9.17) is 15.9 Å². The summed E-state index contributed by atoms with van der Waals surface area (Å²) in [6.07, 6.45) is 5.72. The molecule has 0 unspecified atom stereocenters. The highest BCUT2D eigenvalue weighted by Gasteiger charge is 1.94. The van der Waals surface area contributed by atoms with E-state index < -0.39 is 0 Å². The summed E-state index contributed by atoms with van der Waals surface area (Å²) in [5.74, 6) is 4.09. The fraction of sp³-hybridized carbons (Fsp3) is 0.273. The van der Waals surface area contributed by atoms with E-state index in [1.807, 2.05) is 24.3 Å². The Kier molecular flexibility index (Phi) is 3.72. The summed E-state index contributed by atoms with van der Waals surface area (Å²) in [6, 6.07) is 7.45. The third-order valence-electron chi connectivity index (χ3n) is 1.56. The summed E-state index contributed by atoms with van der Waals surface area (Å²) in [4.78, 5) is 0. The largest absolute Gasteiger partial charge is 0.497 e. The molecular formula is C11H12O2. The Morgan fingerprint density at radius 3 is 2.85 bits per heavy atom. The standard InChI is InChI=1S/C11H12O2/c1-3-4-8-13-11-7-5-6-10(9-11)12-2/h1,5-7,9H,4,8H2,2H3. The molecule has 0 spiro atoms. The van der Waals surface area contributed by atoms with Crippen molar-refractivity contribution in [2.24, 2.45) is 0 Å². The SMILES string of the molecule is C#CCCOc1cccc(OC)c1. The fourth-order valence-electron chi connectivity index (χ4n) is 0.919. The molecule has 2 nitrogen and oxygen atoms in total. The molecule has 0 amide bonds. The quantitative estimate of drug-likeness (QED) is 0.516. The molecule has 13 heavy (non-hydrogen) atoms. The molecule has 0 fully saturated rings. The summed E-state index contributed by atoms with van der Waals surface area (Å²) in [5, 5.41) is 0. The number of methoxy groups -OCH3 is 1. The maximum atomic E-state index is 5.37. The zero-order valence-corrected chi connectivity index (χ0v) is 7.62. The van der Waals surface area contributed by atoms with Crippen LogP contribution in [-0.2, 0) is 0 Å². The molecule has 0 saturated heterocycles. The van der Waals surface area contributed by atoms with Gasteiger partial charge in [-0.05, 0) is 12.1 Å². The highest BCUT2D eigenvalue weighted by molar-refractivity contribution is 5.32. The minimum Gasteiger partial charge on any atom is -0.497 e. The fourth-order valence-corrected chi connectivity index (χ4v) is 0.919. The highest BCUT2D eigenvalue weighted by atomic mass is 16.5. The second-order valence-corrected chi connectivity index (χ2v) is 2.48. The number of hydrogen-bond donors (Lipinski definition) is 0. The van der Waals surface area contributed by atoms with Crippen LogP contribution in [0.15, 0.2) is 24.3 Å². The molecule has 0 aliphatic rings. The predicted octanol–water partition coefficient (Wildman–Crippen LogP) is 2.10. The van der Waals surface area contributed by atoms with E-state index in [1.54, 1.807) is 7.11 Å². The molecule has 0 bridgehead atoms. The van der Waals surface area contributed by atoms with Crippen molar-refractivity contribution in [2.75, 3.05) is 13.7 Å². The van der Waals surface area contributed by atoms with Crippen molar-refractivity contribution in [3.05, 3.63) is 24.3 Å². The second-order valence-electron chi connectivity index (χ2n) is 2.48. The summed E-state index contributed by atoms with van der Waals surface area (Å²) >= 11 is 0. The van der Waals surface area contributed by atoms with Gasteiger partial charge >= 0.3 is 0 Å². The molecule has 68 valence electrons. The van der Waals surface area contributed by atoms with E-state index in [1.165, 1.54) is 0 Å². The van der Waals surface area contributed by atoms with Crippen molar-refractivity contribution in [3.8, 4) is 23.8 Å². The molecule has 0 saturated carbocycles. The number of terminal acetylenes is 1. The van der Waals surface area contributed by atoms with Crippen LogP contribution >= 0.6 is 0 Å². The summed E-state index contributed by atoms with van der Waals surface area (Å²) in [6.45, 7) is 0.545. The Morgan fingerprint density at radius 2 is 2.15 bits per heavy atom. The molecule has 0 heterocycles. The van der Waals surface area contributed by atoms with E-state index in [-0.39, 0.29) is 0 Å². The Hall–Kier alpha value is -1.62. The monoisotopic (exact) mass is 176 g/mol. The van der Waals surface area contributed by atoms with Crippen LogP contribution in [0.5, 0.6) is 11.5 Å². The highest BCUT2D eigenvalue weighted by Crippen LogP contribution is 2.18. The second kappa shape index (κ2) is 5.10. The van der Waals surface area contributed by atoms with Crippen molar-refractivity contribution in [1.29, 1.82) is 0 Å². The first-order valence-electron chi connectivity index (χ1n) is 4.07. The third-order valence-corrected chi connectivity index (χ3v) is 1.56. The van der Waals surface area contributed by atoms with Crippen LogP contribution in [-0.4, -0.2) is 13.7 Å². The van der Waals surface area contributed by atoms with Gasteiger partial charge in [-0.2, -0.15) is 0 Å². The van der Waals surface area contributed by atoms with Crippen molar-refractivity contribution in [3.63, 3.8) is 0 Å². The molecule has 0 aliphatic carbocycles. The molecule has 1 aromatic rings. The lowest BCUT2D eigenvalue weighted by Gasteiger charge is -2.05. The molecule has 1 aromatic carbocycles. The molecule has 1 rings (SSSR count). The van der Waals surface area contributed by atoms with Gasteiger partial charge in [0.15, 0.2) is 0 Å². The first-order valence-corrected chi connectivity index (χ1v) is 4.07. The van der Waals surface area contributed by atoms with Gasteiger partial charge in [0.05, 0.1) is 13.7 Å². The minimum atomic E-state index is 0.545. The number of benzene rings is 1. The van der Waals surface area contributed by atoms with Crippen molar-refractivity contribution in [2.45, 2.75) is 6.42 Å². The van der Waals surface area contributed by atoms with E-state index >= 15 is 0 Å². The van der Waals surface area contributed by atoms with Crippen LogP contribution in [0.3, 0.4) is 0 Å². The molecule has 0 atom stereocenters. The number of hydrogen-bond acceptors (Lipinski definition) is 2. The lowest BCUT2D eigenvalue weighted by Crippen LogP contribution is -1.95. The maximum absolute atomic E-state index is 5.37. The molecule has 0 radical (unpaired) electrons. The molecule has 0 aliphatic heterocycles. The Labute approximate surface area is 78.5 Å². The average molecular weight is 176 g/mol. The van der Waals surface area contributed by atoms with Gasteiger partial charge in [0.25, 0.3) is 0 Å². The van der Waals surface area contributed by atoms with E-state index in [0.29, 0.717) is 13.0 Å². The predicted molar refractivity (Wildman–Crippen MR) is 51.9 cm³/mol. The van der Waals surface area contributed by atoms with E-state index in [9.17, 15) is 0 Å². The van der Waals surface area contributed by atoms with Gasteiger partial charge in [0.1, 0.15) is 11.5 Å². The Morgan fingerprint density at radius 1 is 1.38 bits per heavy atom. The Bertz CT molecular complexity index is 299. The van der Waals surface area contributed by atoms with Crippen LogP contribution in [0.1, 0.15) is 6.42 Å². The van der Waals surface area contributed by atoms with Crippen LogP contribution in [0.2, 0.25) is 0 Å². The molecule has 0 aromatic heterocycles. The maximum Gasteiger partial charge on any atom is 0.123 e. The first-order chi connectivity index (χ1) is 6.36. The van der Waals surface area contributed by atoms with Gasteiger partial charge in [-0.1, -0.05) is 6.07 Å². The third kappa shape index (κ3) is 3.08. The van der Waals surface area contributed by atoms with E-state index in [0.717, 1.165) is 11.5 Å². The van der Waals surface area contributed by atoms with Crippen LogP contribution in [0.25, 0.3) is 0 Å². The van der Waals surface area contributed by atoms with Crippen LogP contribution in [0, 0.1) is 12.3 Å². The van der Waals surface area contributed by atoms with Crippen molar-refractivity contribution >= 4 is 0 Å². The summed E-state index contributed by atoms with van der Waals surface area (Å²) in [7, 11) is 1.63. The topological polar surface area (TPSA) is 18.5 Å². The Balaban J connectivity index is 2.52. The van der Waals surface area contributed by atoms with E-state index in [2.05, 4.69) is 5.92 Å². The van der Waals surface area contributed by atoms with Gasteiger partial charge < -0.3 is 9.47 Å². The van der Waals surface area contributed by atoms with Crippen molar-refractivity contribution < 1.29 is 9.47 Å². The van der Waals surface area contributed by atoms with Gasteiger partial charge in [-0.25, -0.2) is 0 Å². The van der Waals surface area contributed by atoms with Gasteiger partial charge in [0, 0.05) is 12.5 Å². The molecule has 2 heteroatoms. The zero-order chi connectivity index (χ0) is 9.52. The lowest BCUT2D eigenvalue weighted by atomic mass is 10.3. The average Bonchev–Trinajstić information content (AvgIpc) is 2.19. The summed E-state index contributed by atoms with van der Waals surface area (Å²) in [5.41, 5.74) is 0. The number of ether oxygens (including phenoxy) is 2. The molecule has 0 N–H and O–H groups in total. The lowest BCUT2D eigenvalue weighted by molar-refractivity contribution is 0.324. The van der Waals surface area contributed by atoms with Gasteiger partial charge in [0.2, 0.25) is 0 Å². The molecular weight excluding hydrogens is 164 g/mol. The van der Waals surface area contributed by atoms with Crippen molar-refractivity contribution in [1.82, 2.24) is 0 Å². The first kappa shape index (κ1) is 9.47. The van der Waals surface area contributed by atoms with Crippen LogP contribution < -0.4 is 9.47 Å². The summed E-state index contributed by atoms with van der Waals surface area (Å²) < 4.78 is 10.4. The van der Waals surface area contributed by atoms with Gasteiger partial charge in [-0.15, -0.1) is 12.3 Å². The normalized spacial score (nSPS) is 8.92. The zero-order valence-electron chi connectivity index (χ0n) is 7.62. The smallest absolute Gasteiger partial charge is 0.123 e. The van der Waals surface area contributed by atoms with Gasteiger partial charge in [-0.3, -0.25) is 0 Å². The van der Waals surface area contributed by atoms with Crippen LogP contribution in [0.4, 0.5) is 0 Å².